The van der Waals surface area contributed by atoms with Gasteiger partial charge in [0.15, 0.2) is 5.78 Å². The second kappa shape index (κ2) is 5.80. The number of carbonyl (C=O) groups is 1. The average molecular weight is 346 g/mol. The van der Waals surface area contributed by atoms with Gasteiger partial charge in [-0.15, -0.1) is 0 Å². The first-order valence-corrected chi connectivity index (χ1v) is 6.56. The maximum absolute atomic E-state index is 13.0. The van der Waals surface area contributed by atoms with Crippen molar-refractivity contribution in [3.8, 4) is 0 Å². The van der Waals surface area contributed by atoms with Gasteiger partial charge in [-0.3, -0.25) is 4.79 Å². The zero-order chi connectivity index (χ0) is 14.0. The normalized spacial score (nSPS) is 10.5. The van der Waals surface area contributed by atoms with Gasteiger partial charge in [0.1, 0.15) is 11.6 Å². The molecule has 2 rings (SSSR count). The van der Waals surface area contributed by atoms with E-state index in [9.17, 15) is 13.6 Å². The van der Waals surface area contributed by atoms with Crippen LogP contribution in [0.1, 0.15) is 15.9 Å². The number of benzene rings is 2. The molecule has 0 unspecified atom stereocenters. The summed E-state index contributed by atoms with van der Waals surface area (Å²) in [5.74, 6) is -1.70. The lowest BCUT2D eigenvalue weighted by Gasteiger charge is -2.05. The molecule has 0 radical (unpaired) electrons. The van der Waals surface area contributed by atoms with Gasteiger partial charge in [0.05, 0.1) is 5.02 Å². The van der Waals surface area contributed by atoms with Crippen LogP contribution >= 0.6 is 27.5 Å². The number of hydrogen-bond acceptors (Lipinski definition) is 1. The van der Waals surface area contributed by atoms with Gasteiger partial charge in [0.25, 0.3) is 0 Å². The van der Waals surface area contributed by atoms with E-state index in [0.717, 1.165) is 22.7 Å². The van der Waals surface area contributed by atoms with Crippen LogP contribution in [0, 0.1) is 11.6 Å². The summed E-state index contributed by atoms with van der Waals surface area (Å²) in [6.45, 7) is 0. The Balaban J connectivity index is 2.25. The molecule has 0 aliphatic heterocycles. The van der Waals surface area contributed by atoms with Gasteiger partial charge in [0, 0.05) is 22.5 Å². The minimum Gasteiger partial charge on any atom is -0.294 e. The number of carbonyl (C=O) groups excluding carboxylic acids is 1. The van der Waals surface area contributed by atoms with Crippen molar-refractivity contribution in [2.45, 2.75) is 6.42 Å². The van der Waals surface area contributed by atoms with E-state index in [4.69, 9.17) is 11.6 Å². The van der Waals surface area contributed by atoms with Crippen LogP contribution in [0.3, 0.4) is 0 Å². The molecule has 98 valence electrons. The van der Waals surface area contributed by atoms with Crippen molar-refractivity contribution in [1.82, 2.24) is 0 Å². The molecule has 0 bridgehead atoms. The third kappa shape index (κ3) is 3.61. The lowest BCUT2D eigenvalue weighted by molar-refractivity contribution is 0.0993. The largest absolute Gasteiger partial charge is 0.294 e. The molecule has 5 heteroatoms. The standard InChI is InChI=1S/C14H8BrClF2O/c15-9-1-2-12(13(16)6-9)14(19)5-8-3-10(17)7-11(18)4-8/h1-4,6-7H,5H2. The van der Waals surface area contributed by atoms with Gasteiger partial charge in [-0.1, -0.05) is 27.5 Å². The molecule has 0 saturated heterocycles. The zero-order valence-electron chi connectivity index (χ0n) is 9.59. The topological polar surface area (TPSA) is 17.1 Å². The van der Waals surface area contributed by atoms with E-state index in [1.54, 1.807) is 18.2 Å². The minimum absolute atomic E-state index is 0.101. The van der Waals surface area contributed by atoms with E-state index in [1.165, 1.54) is 0 Å². The van der Waals surface area contributed by atoms with Crippen molar-refractivity contribution in [1.29, 1.82) is 0 Å². The molecule has 0 amide bonds. The third-order valence-electron chi connectivity index (χ3n) is 2.52. The van der Waals surface area contributed by atoms with Crippen LogP contribution in [0.4, 0.5) is 8.78 Å². The Kier molecular flexibility index (Phi) is 4.32. The highest BCUT2D eigenvalue weighted by atomic mass is 79.9. The zero-order valence-corrected chi connectivity index (χ0v) is 11.9. The highest BCUT2D eigenvalue weighted by Crippen LogP contribution is 2.23. The van der Waals surface area contributed by atoms with E-state index >= 15 is 0 Å². The molecule has 0 spiro atoms. The summed E-state index contributed by atoms with van der Waals surface area (Å²) in [4.78, 5) is 12.0. The fraction of sp³-hybridized carbons (Fsp3) is 0.0714. The van der Waals surface area contributed by atoms with Crippen molar-refractivity contribution >= 4 is 33.3 Å². The Morgan fingerprint density at radius 2 is 1.74 bits per heavy atom. The second-order valence-corrected chi connectivity index (χ2v) is 5.32. The minimum atomic E-state index is -0.704. The summed E-state index contributed by atoms with van der Waals surface area (Å²) < 4.78 is 26.8. The fourth-order valence-electron chi connectivity index (χ4n) is 1.71. The summed E-state index contributed by atoms with van der Waals surface area (Å²) in [5, 5.41) is 0.302. The number of rotatable bonds is 3. The highest BCUT2D eigenvalue weighted by molar-refractivity contribution is 9.10. The Bertz CT molecular complexity index is 623. The molecule has 2 aromatic carbocycles. The van der Waals surface area contributed by atoms with E-state index in [0.29, 0.717) is 10.6 Å². The van der Waals surface area contributed by atoms with Gasteiger partial charge in [-0.25, -0.2) is 8.78 Å². The summed E-state index contributed by atoms with van der Waals surface area (Å²) in [6, 6.07) is 7.89. The maximum atomic E-state index is 13.0. The van der Waals surface area contributed by atoms with Crippen LogP contribution < -0.4 is 0 Å². The van der Waals surface area contributed by atoms with Gasteiger partial charge in [-0.05, 0) is 35.9 Å². The molecule has 0 saturated carbocycles. The first kappa shape index (κ1) is 14.2. The van der Waals surface area contributed by atoms with Crippen LogP contribution in [0.15, 0.2) is 40.9 Å². The molecule has 0 aromatic heterocycles. The molecule has 19 heavy (non-hydrogen) atoms. The van der Waals surface area contributed by atoms with Crippen molar-refractivity contribution in [3.63, 3.8) is 0 Å². The second-order valence-electron chi connectivity index (χ2n) is 4.00. The van der Waals surface area contributed by atoms with Crippen LogP contribution in [0.2, 0.25) is 5.02 Å². The summed E-state index contributed by atoms with van der Waals surface area (Å²) >= 11 is 9.19. The third-order valence-corrected chi connectivity index (χ3v) is 3.32. The van der Waals surface area contributed by atoms with Gasteiger partial charge in [0.2, 0.25) is 0 Å². The van der Waals surface area contributed by atoms with Gasteiger partial charge < -0.3 is 0 Å². The Morgan fingerprint density at radius 1 is 1.11 bits per heavy atom. The molecule has 0 aliphatic rings. The smallest absolute Gasteiger partial charge is 0.168 e. The first-order chi connectivity index (χ1) is 8.95. The molecule has 0 aliphatic carbocycles. The number of hydrogen-bond donors (Lipinski definition) is 0. The molecule has 1 nitrogen and oxygen atoms in total. The van der Waals surface area contributed by atoms with Crippen molar-refractivity contribution in [3.05, 3.63) is 68.7 Å². The van der Waals surface area contributed by atoms with Crippen LogP contribution in [0.5, 0.6) is 0 Å². The monoisotopic (exact) mass is 344 g/mol. The summed E-state index contributed by atoms with van der Waals surface area (Å²) in [5.41, 5.74) is 0.607. The molecule has 0 N–H and O–H groups in total. The molecule has 2 aromatic rings. The van der Waals surface area contributed by atoms with E-state index in [2.05, 4.69) is 15.9 Å². The Hall–Kier alpha value is -1.26. The van der Waals surface area contributed by atoms with Gasteiger partial charge in [-0.2, -0.15) is 0 Å². The number of Topliss-reactive ketones (excluding diaryl/α,β-unsaturated/α-hetero) is 1. The van der Waals surface area contributed by atoms with E-state index in [-0.39, 0.29) is 17.8 Å². The molecule has 0 heterocycles. The predicted octanol–water partition coefficient (Wildman–Crippen LogP) is 4.81. The lowest BCUT2D eigenvalue weighted by Crippen LogP contribution is -2.05. The molecular formula is C14H8BrClF2O. The SMILES string of the molecule is O=C(Cc1cc(F)cc(F)c1)c1ccc(Br)cc1Cl. The maximum Gasteiger partial charge on any atom is 0.168 e. The van der Waals surface area contributed by atoms with Crippen molar-refractivity contribution in [2.75, 3.05) is 0 Å². The molecule has 0 atom stereocenters. The summed E-state index contributed by atoms with van der Waals surface area (Å²) in [6.07, 6.45) is -0.101. The highest BCUT2D eigenvalue weighted by Gasteiger charge is 2.12. The summed E-state index contributed by atoms with van der Waals surface area (Å²) in [7, 11) is 0. The first-order valence-electron chi connectivity index (χ1n) is 5.39. The van der Waals surface area contributed by atoms with Crippen molar-refractivity contribution < 1.29 is 13.6 Å². The Labute approximate surface area is 122 Å². The molecular weight excluding hydrogens is 338 g/mol. The van der Waals surface area contributed by atoms with E-state index in [1.807, 2.05) is 0 Å². The van der Waals surface area contributed by atoms with Crippen LogP contribution in [-0.4, -0.2) is 5.78 Å². The Morgan fingerprint density at radius 3 is 2.32 bits per heavy atom. The molecule has 0 fully saturated rings. The lowest BCUT2D eigenvalue weighted by atomic mass is 10.0. The van der Waals surface area contributed by atoms with E-state index < -0.39 is 11.6 Å². The predicted molar refractivity (Wildman–Crippen MR) is 73.5 cm³/mol. The van der Waals surface area contributed by atoms with Crippen molar-refractivity contribution in [2.24, 2.45) is 0 Å². The number of halogens is 4. The van der Waals surface area contributed by atoms with Crippen LogP contribution in [-0.2, 0) is 6.42 Å². The number of ketones is 1. The average Bonchev–Trinajstić information content (AvgIpc) is 2.26. The fourth-order valence-corrected chi connectivity index (χ4v) is 2.49. The van der Waals surface area contributed by atoms with Gasteiger partial charge >= 0.3 is 0 Å². The quantitative estimate of drug-likeness (QED) is 0.730. The van der Waals surface area contributed by atoms with Crippen LogP contribution in [0.25, 0.3) is 0 Å².